The van der Waals surface area contributed by atoms with E-state index in [0.29, 0.717) is 0 Å². The van der Waals surface area contributed by atoms with Crippen molar-refractivity contribution in [3.63, 3.8) is 0 Å². The minimum absolute atomic E-state index is 1.32. The summed E-state index contributed by atoms with van der Waals surface area (Å²) in [5.41, 5.74) is 0. The van der Waals surface area contributed by atoms with Gasteiger partial charge in [0.15, 0.2) is 0 Å². The normalized spacial score (nSPS) is 16.8. The van der Waals surface area contributed by atoms with Crippen molar-refractivity contribution >= 4 is 0 Å². The molecular weight excluding hydrogens is 136 g/mol. The van der Waals surface area contributed by atoms with E-state index in [9.17, 15) is 0 Å². The van der Waals surface area contributed by atoms with Gasteiger partial charge in [-0.05, 0) is 33.0 Å². The van der Waals surface area contributed by atoms with Gasteiger partial charge in [-0.1, -0.05) is 20.3 Å². The SMILES string of the molecule is C#N.CC.CN1CCCCC1. The first kappa shape index (κ1) is 13.1. The summed E-state index contributed by atoms with van der Waals surface area (Å²) in [4.78, 5) is 2.39. The molecule has 0 unspecified atom stereocenters. The molecule has 0 aromatic rings. The molecule has 0 aromatic heterocycles. The lowest BCUT2D eigenvalue weighted by molar-refractivity contribution is 0.277. The van der Waals surface area contributed by atoms with Gasteiger partial charge in [-0.25, -0.2) is 5.26 Å². The molecule has 66 valence electrons. The zero-order valence-electron chi connectivity index (χ0n) is 8.01. The fourth-order valence-corrected chi connectivity index (χ4v) is 1.05. The van der Waals surface area contributed by atoms with Gasteiger partial charge < -0.3 is 4.90 Å². The second kappa shape index (κ2) is 12.2. The summed E-state index contributed by atoms with van der Waals surface area (Å²) < 4.78 is 0. The lowest BCUT2D eigenvalue weighted by Gasteiger charge is -2.20. The van der Waals surface area contributed by atoms with E-state index in [2.05, 4.69) is 18.5 Å². The first-order valence-corrected chi connectivity index (χ1v) is 4.34. The smallest absolute Gasteiger partial charge is 0.0462 e. The summed E-state index contributed by atoms with van der Waals surface area (Å²) in [6.45, 7) is 10.1. The van der Waals surface area contributed by atoms with Crippen LogP contribution in [0.2, 0.25) is 0 Å². The average Bonchev–Trinajstić information content (AvgIpc) is 2.13. The van der Waals surface area contributed by atoms with Crippen LogP contribution in [0, 0.1) is 11.8 Å². The highest BCUT2D eigenvalue weighted by Crippen LogP contribution is 2.04. The van der Waals surface area contributed by atoms with Gasteiger partial charge in [0.2, 0.25) is 0 Å². The Morgan fingerprint density at radius 2 is 1.36 bits per heavy atom. The number of likely N-dealkylation sites (tertiary alicyclic amines) is 1. The Labute approximate surface area is 70.8 Å². The maximum Gasteiger partial charge on any atom is 0.0462 e. The molecule has 0 atom stereocenters. The summed E-state index contributed by atoms with van der Waals surface area (Å²) in [5.74, 6) is 0. The molecule has 0 radical (unpaired) electrons. The van der Waals surface area contributed by atoms with Crippen molar-refractivity contribution in [3.05, 3.63) is 0 Å². The van der Waals surface area contributed by atoms with E-state index in [1.54, 1.807) is 0 Å². The van der Waals surface area contributed by atoms with E-state index in [-0.39, 0.29) is 0 Å². The number of nitriles is 1. The molecule has 0 aromatic carbocycles. The highest BCUT2D eigenvalue weighted by Gasteiger charge is 2.02. The molecule has 11 heavy (non-hydrogen) atoms. The van der Waals surface area contributed by atoms with Gasteiger partial charge in [-0.15, -0.1) is 0 Å². The van der Waals surface area contributed by atoms with Gasteiger partial charge in [0, 0.05) is 6.57 Å². The van der Waals surface area contributed by atoms with E-state index < -0.39 is 0 Å². The zero-order chi connectivity index (χ0) is 9.11. The second-order valence-electron chi connectivity index (χ2n) is 2.36. The molecule has 1 rings (SSSR count). The molecule has 0 amide bonds. The molecule has 0 N–H and O–H groups in total. The third kappa shape index (κ3) is 9.45. The summed E-state index contributed by atoms with van der Waals surface area (Å²) in [6, 6.07) is 0. The molecule has 2 nitrogen and oxygen atoms in total. The molecule has 1 aliphatic heterocycles. The highest BCUT2D eigenvalue weighted by atomic mass is 15.1. The minimum atomic E-state index is 1.32. The minimum Gasteiger partial charge on any atom is -0.306 e. The van der Waals surface area contributed by atoms with Crippen LogP contribution in [0.5, 0.6) is 0 Å². The Balaban J connectivity index is 0. The molecule has 1 saturated heterocycles. The number of hydrogen-bond acceptors (Lipinski definition) is 2. The second-order valence-corrected chi connectivity index (χ2v) is 2.36. The molecule has 1 heterocycles. The predicted octanol–water partition coefficient (Wildman–Crippen LogP) is 2.27. The Kier molecular flexibility index (Phi) is 14.4. The molecule has 2 heteroatoms. The summed E-state index contributed by atoms with van der Waals surface area (Å²) in [5, 5.41) is 6.50. The molecule has 0 spiro atoms. The van der Waals surface area contributed by atoms with Crippen LogP contribution in [0.4, 0.5) is 0 Å². The lowest BCUT2D eigenvalue weighted by Crippen LogP contribution is -2.24. The number of nitrogens with zero attached hydrogens (tertiary/aromatic N) is 2. The van der Waals surface area contributed by atoms with Crippen LogP contribution in [-0.2, 0) is 0 Å². The largest absolute Gasteiger partial charge is 0.306 e. The number of piperidine rings is 1. The van der Waals surface area contributed by atoms with E-state index >= 15 is 0 Å². The van der Waals surface area contributed by atoms with Gasteiger partial charge in [-0.2, -0.15) is 0 Å². The van der Waals surface area contributed by atoms with Crippen LogP contribution in [-0.4, -0.2) is 25.0 Å². The maximum absolute atomic E-state index is 6.50. The van der Waals surface area contributed by atoms with Crippen LogP contribution >= 0.6 is 0 Å². The summed E-state index contributed by atoms with van der Waals surface area (Å²) in [6.07, 6.45) is 4.28. The standard InChI is InChI=1S/C6H13N.C2H6.CHN/c1-7-5-3-2-4-6-7;2*1-2/h2-6H2,1H3;1-2H3;1H. The van der Waals surface area contributed by atoms with Crippen molar-refractivity contribution < 1.29 is 0 Å². The lowest BCUT2D eigenvalue weighted by atomic mass is 10.1. The Morgan fingerprint density at radius 1 is 1.00 bits per heavy atom. The number of rotatable bonds is 0. The van der Waals surface area contributed by atoms with E-state index in [4.69, 9.17) is 5.26 Å². The summed E-state index contributed by atoms with van der Waals surface area (Å²) in [7, 11) is 2.19. The third-order valence-electron chi connectivity index (χ3n) is 1.58. The van der Waals surface area contributed by atoms with Gasteiger partial charge in [0.05, 0.1) is 0 Å². The number of hydrogen-bond donors (Lipinski definition) is 0. The van der Waals surface area contributed by atoms with Crippen molar-refractivity contribution in [2.75, 3.05) is 20.1 Å². The monoisotopic (exact) mass is 156 g/mol. The van der Waals surface area contributed by atoms with Crippen molar-refractivity contribution in [3.8, 4) is 6.57 Å². The van der Waals surface area contributed by atoms with Crippen LogP contribution < -0.4 is 0 Å². The zero-order valence-corrected chi connectivity index (χ0v) is 8.01. The first-order chi connectivity index (χ1) is 5.39. The van der Waals surface area contributed by atoms with Gasteiger partial charge in [0.1, 0.15) is 0 Å². The van der Waals surface area contributed by atoms with Crippen molar-refractivity contribution in [1.29, 1.82) is 5.26 Å². The molecule has 0 aliphatic carbocycles. The Hall–Kier alpha value is -0.550. The van der Waals surface area contributed by atoms with Gasteiger partial charge >= 0.3 is 0 Å². The molecule has 0 bridgehead atoms. The van der Waals surface area contributed by atoms with E-state index in [1.807, 2.05) is 13.8 Å². The van der Waals surface area contributed by atoms with Crippen molar-refractivity contribution in [1.82, 2.24) is 4.90 Å². The first-order valence-electron chi connectivity index (χ1n) is 4.34. The van der Waals surface area contributed by atoms with E-state index in [1.165, 1.54) is 32.4 Å². The van der Waals surface area contributed by atoms with E-state index in [0.717, 1.165) is 0 Å². The highest BCUT2D eigenvalue weighted by molar-refractivity contribution is 4.58. The Morgan fingerprint density at radius 3 is 1.55 bits per heavy atom. The Bertz CT molecular complexity index is 72.9. The average molecular weight is 156 g/mol. The molecule has 1 aliphatic rings. The quantitative estimate of drug-likeness (QED) is 0.538. The molecular formula is C9H20N2. The maximum atomic E-state index is 6.50. The topological polar surface area (TPSA) is 27.0 Å². The van der Waals surface area contributed by atoms with Crippen LogP contribution in [0.15, 0.2) is 0 Å². The summed E-state index contributed by atoms with van der Waals surface area (Å²) >= 11 is 0. The van der Waals surface area contributed by atoms with Gasteiger partial charge in [-0.3, -0.25) is 0 Å². The molecule has 0 saturated carbocycles. The van der Waals surface area contributed by atoms with Crippen LogP contribution in [0.25, 0.3) is 0 Å². The van der Waals surface area contributed by atoms with Crippen molar-refractivity contribution in [2.45, 2.75) is 33.1 Å². The van der Waals surface area contributed by atoms with Gasteiger partial charge in [0.25, 0.3) is 0 Å². The van der Waals surface area contributed by atoms with Crippen LogP contribution in [0.1, 0.15) is 33.1 Å². The molecule has 1 fully saturated rings. The van der Waals surface area contributed by atoms with Crippen molar-refractivity contribution in [2.24, 2.45) is 0 Å². The third-order valence-corrected chi connectivity index (χ3v) is 1.58. The predicted molar refractivity (Wildman–Crippen MR) is 49.4 cm³/mol. The fraction of sp³-hybridized carbons (Fsp3) is 0.889. The van der Waals surface area contributed by atoms with Crippen LogP contribution in [0.3, 0.4) is 0 Å². The fourth-order valence-electron chi connectivity index (χ4n) is 1.05.